The van der Waals surface area contributed by atoms with Gasteiger partial charge in [-0.1, -0.05) is 30.3 Å². The standard InChI is InChI=1S/C15H20N4O5/c20-8-10-12(21)13(22)14(23)15(24-10)19-17-11(16-18-19)7-6-9-4-2-1-3-5-9/h1-5,10,12-15,20-23H,6-8H2. The molecule has 2 aromatic rings. The van der Waals surface area contributed by atoms with Gasteiger partial charge in [0.25, 0.3) is 0 Å². The fraction of sp³-hybridized carbons (Fsp3) is 0.533. The van der Waals surface area contributed by atoms with Crippen LogP contribution in [0.2, 0.25) is 0 Å². The normalized spacial score (nSPS) is 30.4. The molecule has 2 heterocycles. The van der Waals surface area contributed by atoms with Gasteiger partial charge in [0.15, 0.2) is 12.1 Å². The van der Waals surface area contributed by atoms with E-state index in [9.17, 15) is 20.4 Å². The first kappa shape index (κ1) is 16.9. The van der Waals surface area contributed by atoms with Crippen LogP contribution in [0.1, 0.15) is 17.6 Å². The molecule has 0 saturated carbocycles. The molecule has 1 saturated heterocycles. The number of tetrazole rings is 1. The zero-order chi connectivity index (χ0) is 17.1. The van der Waals surface area contributed by atoms with Gasteiger partial charge in [0.2, 0.25) is 0 Å². The van der Waals surface area contributed by atoms with Crippen molar-refractivity contribution in [1.82, 2.24) is 20.2 Å². The molecule has 9 heteroatoms. The van der Waals surface area contributed by atoms with E-state index < -0.39 is 37.3 Å². The minimum Gasteiger partial charge on any atom is -0.394 e. The minimum absolute atomic E-state index is 0.468. The third-order valence-corrected chi connectivity index (χ3v) is 4.04. The van der Waals surface area contributed by atoms with Crippen LogP contribution < -0.4 is 0 Å². The highest BCUT2D eigenvalue weighted by Crippen LogP contribution is 2.27. The van der Waals surface area contributed by atoms with Crippen molar-refractivity contribution in [2.75, 3.05) is 6.61 Å². The molecule has 24 heavy (non-hydrogen) atoms. The van der Waals surface area contributed by atoms with Crippen LogP contribution >= 0.6 is 0 Å². The van der Waals surface area contributed by atoms with Gasteiger partial charge in [-0.3, -0.25) is 0 Å². The quantitative estimate of drug-likeness (QED) is 0.515. The summed E-state index contributed by atoms with van der Waals surface area (Å²) in [5.41, 5.74) is 1.14. The Morgan fingerprint density at radius 3 is 2.46 bits per heavy atom. The number of ether oxygens (including phenoxy) is 1. The summed E-state index contributed by atoms with van der Waals surface area (Å²) >= 11 is 0. The molecule has 1 aromatic heterocycles. The maximum Gasteiger partial charge on any atom is 0.199 e. The Bertz CT molecular complexity index is 650. The van der Waals surface area contributed by atoms with Crippen LogP contribution in [-0.2, 0) is 17.6 Å². The summed E-state index contributed by atoms with van der Waals surface area (Å²) < 4.78 is 5.38. The molecule has 1 aliphatic heterocycles. The number of aliphatic hydroxyl groups excluding tert-OH is 4. The molecule has 1 aliphatic rings. The van der Waals surface area contributed by atoms with Gasteiger partial charge in [-0.05, 0) is 17.2 Å². The van der Waals surface area contributed by atoms with Crippen LogP contribution in [0.3, 0.4) is 0 Å². The highest BCUT2D eigenvalue weighted by atomic mass is 16.6. The lowest BCUT2D eigenvalue weighted by Crippen LogP contribution is -2.56. The predicted octanol–water partition coefficient (Wildman–Crippen LogP) is -1.57. The van der Waals surface area contributed by atoms with E-state index in [1.54, 1.807) is 0 Å². The van der Waals surface area contributed by atoms with E-state index in [-0.39, 0.29) is 0 Å². The molecule has 3 rings (SSSR count). The van der Waals surface area contributed by atoms with Gasteiger partial charge < -0.3 is 25.2 Å². The Morgan fingerprint density at radius 2 is 1.75 bits per heavy atom. The SMILES string of the molecule is OCC1OC(n2nnc(CCc3ccccc3)n2)C(O)C(O)C1O. The summed E-state index contributed by atoms with van der Waals surface area (Å²) in [6, 6.07) is 9.85. The molecule has 1 aromatic carbocycles. The lowest BCUT2D eigenvalue weighted by atomic mass is 9.99. The summed E-state index contributed by atoms with van der Waals surface area (Å²) in [7, 11) is 0. The van der Waals surface area contributed by atoms with Crippen LogP contribution in [0.5, 0.6) is 0 Å². The Labute approximate surface area is 138 Å². The molecule has 1 fully saturated rings. The number of aliphatic hydroxyl groups is 4. The number of hydrogen-bond acceptors (Lipinski definition) is 8. The van der Waals surface area contributed by atoms with Gasteiger partial charge >= 0.3 is 0 Å². The first-order chi connectivity index (χ1) is 11.6. The first-order valence-corrected chi connectivity index (χ1v) is 7.73. The molecule has 9 nitrogen and oxygen atoms in total. The van der Waals surface area contributed by atoms with E-state index >= 15 is 0 Å². The third kappa shape index (κ3) is 3.45. The van der Waals surface area contributed by atoms with Crippen molar-refractivity contribution < 1.29 is 25.2 Å². The van der Waals surface area contributed by atoms with E-state index in [0.717, 1.165) is 16.8 Å². The molecule has 130 valence electrons. The molecule has 0 amide bonds. The fourth-order valence-electron chi connectivity index (χ4n) is 2.64. The third-order valence-electron chi connectivity index (χ3n) is 4.04. The average Bonchev–Trinajstić information content (AvgIpc) is 3.08. The number of hydrogen-bond donors (Lipinski definition) is 4. The van der Waals surface area contributed by atoms with Gasteiger partial charge in [0, 0.05) is 6.42 Å². The average molecular weight is 336 g/mol. The van der Waals surface area contributed by atoms with Crippen LogP contribution in [0.25, 0.3) is 0 Å². The van der Waals surface area contributed by atoms with Crippen molar-refractivity contribution in [3.05, 3.63) is 41.7 Å². The molecule has 0 bridgehead atoms. The Hall–Kier alpha value is -1.91. The fourth-order valence-corrected chi connectivity index (χ4v) is 2.64. The lowest BCUT2D eigenvalue weighted by molar-refractivity contribution is -0.257. The summed E-state index contributed by atoms with van der Waals surface area (Å²) in [5, 5.41) is 50.8. The molecular weight excluding hydrogens is 316 g/mol. The van der Waals surface area contributed by atoms with Gasteiger partial charge in [-0.25, -0.2) is 0 Å². The van der Waals surface area contributed by atoms with E-state index in [2.05, 4.69) is 15.4 Å². The highest BCUT2D eigenvalue weighted by Gasteiger charge is 2.45. The van der Waals surface area contributed by atoms with Crippen LogP contribution in [0.4, 0.5) is 0 Å². The molecule has 5 unspecified atom stereocenters. The van der Waals surface area contributed by atoms with Crippen molar-refractivity contribution in [3.8, 4) is 0 Å². The van der Waals surface area contributed by atoms with E-state index in [1.165, 1.54) is 0 Å². The van der Waals surface area contributed by atoms with Crippen LogP contribution in [0, 0.1) is 0 Å². The second kappa shape index (κ2) is 7.32. The lowest BCUT2D eigenvalue weighted by Gasteiger charge is -2.38. The number of rotatable bonds is 5. The van der Waals surface area contributed by atoms with Gasteiger partial charge in [-0.2, -0.15) is 0 Å². The van der Waals surface area contributed by atoms with Crippen molar-refractivity contribution in [2.45, 2.75) is 43.5 Å². The number of aryl methyl sites for hydroxylation is 2. The Kier molecular flexibility index (Phi) is 5.17. The second-order valence-corrected chi connectivity index (χ2v) is 5.73. The zero-order valence-electron chi connectivity index (χ0n) is 12.9. The summed E-state index contributed by atoms with van der Waals surface area (Å²) in [4.78, 5) is 1.06. The van der Waals surface area contributed by atoms with Crippen LogP contribution in [-0.4, -0.2) is 71.7 Å². The van der Waals surface area contributed by atoms with Gasteiger partial charge in [-0.15, -0.1) is 15.0 Å². The summed E-state index contributed by atoms with van der Waals surface area (Å²) in [5.74, 6) is 0.468. The first-order valence-electron chi connectivity index (χ1n) is 7.73. The number of aromatic nitrogens is 4. The van der Waals surface area contributed by atoms with Crippen molar-refractivity contribution in [3.63, 3.8) is 0 Å². The van der Waals surface area contributed by atoms with E-state index in [1.807, 2.05) is 30.3 Å². The van der Waals surface area contributed by atoms with Gasteiger partial charge in [0.05, 0.1) is 6.61 Å². The van der Waals surface area contributed by atoms with Crippen molar-refractivity contribution in [1.29, 1.82) is 0 Å². The number of nitrogens with zero attached hydrogens (tertiary/aromatic N) is 4. The maximum atomic E-state index is 10.0. The summed E-state index contributed by atoms with van der Waals surface area (Å²) in [6.07, 6.45) is -5.16. The molecule has 4 N–H and O–H groups in total. The predicted molar refractivity (Wildman–Crippen MR) is 80.7 cm³/mol. The Morgan fingerprint density at radius 1 is 1.00 bits per heavy atom. The minimum atomic E-state index is -1.47. The smallest absolute Gasteiger partial charge is 0.199 e. The molecule has 0 aliphatic carbocycles. The number of benzene rings is 1. The topological polar surface area (TPSA) is 134 Å². The molecule has 0 radical (unpaired) electrons. The second-order valence-electron chi connectivity index (χ2n) is 5.73. The monoisotopic (exact) mass is 336 g/mol. The summed E-state index contributed by atoms with van der Waals surface area (Å²) in [6.45, 7) is -0.503. The van der Waals surface area contributed by atoms with E-state index in [0.29, 0.717) is 12.2 Å². The maximum absolute atomic E-state index is 10.0. The Balaban J connectivity index is 1.68. The highest BCUT2D eigenvalue weighted by molar-refractivity contribution is 5.15. The van der Waals surface area contributed by atoms with E-state index in [4.69, 9.17) is 4.74 Å². The largest absolute Gasteiger partial charge is 0.394 e. The molecule has 5 atom stereocenters. The van der Waals surface area contributed by atoms with Crippen molar-refractivity contribution in [2.24, 2.45) is 0 Å². The van der Waals surface area contributed by atoms with Gasteiger partial charge in [0.1, 0.15) is 24.4 Å². The molecular formula is C15H20N4O5. The van der Waals surface area contributed by atoms with Crippen LogP contribution in [0.15, 0.2) is 30.3 Å². The molecule has 0 spiro atoms. The zero-order valence-corrected chi connectivity index (χ0v) is 12.9. The van der Waals surface area contributed by atoms with Crippen molar-refractivity contribution >= 4 is 0 Å².